The second-order valence-electron chi connectivity index (χ2n) is 9.23. The van der Waals surface area contributed by atoms with E-state index in [1.807, 2.05) is 18.5 Å². The van der Waals surface area contributed by atoms with E-state index in [2.05, 4.69) is 62.4 Å². The van der Waals surface area contributed by atoms with E-state index in [0.29, 0.717) is 0 Å². The van der Waals surface area contributed by atoms with Gasteiger partial charge in [-0.1, -0.05) is 17.7 Å². The van der Waals surface area contributed by atoms with Crippen molar-refractivity contribution < 1.29 is 0 Å². The molecule has 1 atom stereocenters. The molecule has 25 heavy (non-hydrogen) atoms. The summed E-state index contributed by atoms with van der Waals surface area (Å²) in [4.78, 5) is 4.20. The Morgan fingerprint density at radius 3 is 2.56 bits per heavy atom. The van der Waals surface area contributed by atoms with Crippen LogP contribution in [0.4, 0.5) is 0 Å². The van der Waals surface area contributed by atoms with E-state index in [9.17, 15) is 0 Å². The fraction of sp³-hybridized carbons (Fsp3) is 0.682. The van der Waals surface area contributed by atoms with E-state index in [0.717, 1.165) is 19.0 Å². The molecule has 0 saturated heterocycles. The minimum Gasteiger partial charge on any atom is -0.312 e. The number of nitrogens with one attached hydrogen (secondary N) is 2. The van der Waals surface area contributed by atoms with Crippen LogP contribution < -0.4 is 10.6 Å². The molecule has 0 saturated carbocycles. The number of hydrogen-bond donors (Lipinski definition) is 2. The Labute approximate surface area is 154 Å². The third-order valence-corrected chi connectivity index (χ3v) is 5.01. The predicted molar refractivity (Wildman–Crippen MR) is 108 cm³/mol. The minimum atomic E-state index is 0.166. The summed E-state index contributed by atoms with van der Waals surface area (Å²) in [5.74, 6) is 0.802. The van der Waals surface area contributed by atoms with Crippen molar-refractivity contribution in [2.45, 2.75) is 84.3 Å². The standard InChI is InChI=1S/C22H37N3/c1-21(2,3)24-14-12-18-8-10-19(11-9-18)15-22(4,5)25-17-20-7-6-13-23-16-20/h6-8,13,16,19,24-25H,9-12,14-15,17H2,1-5H3. The highest BCUT2D eigenvalue weighted by atomic mass is 15.0. The van der Waals surface area contributed by atoms with Crippen LogP contribution in [-0.4, -0.2) is 22.6 Å². The molecular weight excluding hydrogens is 306 g/mol. The quantitative estimate of drug-likeness (QED) is 0.663. The van der Waals surface area contributed by atoms with Crippen LogP contribution in [0.1, 0.15) is 72.3 Å². The average Bonchev–Trinajstić information content (AvgIpc) is 2.54. The van der Waals surface area contributed by atoms with Crippen LogP contribution in [0.3, 0.4) is 0 Å². The fourth-order valence-corrected chi connectivity index (χ4v) is 3.59. The Bertz CT molecular complexity index is 540. The summed E-state index contributed by atoms with van der Waals surface area (Å²) in [6.07, 6.45) is 12.6. The van der Waals surface area contributed by atoms with Gasteiger partial charge in [0.2, 0.25) is 0 Å². The van der Waals surface area contributed by atoms with Crippen molar-refractivity contribution in [2.24, 2.45) is 5.92 Å². The van der Waals surface area contributed by atoms with Crippen LogP contribution in [0.25, 0.3) is 0 Å². The van der Waals surface area contributed by atoms with Gasteiger partial charge in [0.15, 0.2) is 0 Å². The molecule has 0 aromatic carbocycles. The lowest BCUT2D eigenvalue weighted by atomic mass is 9.80. The lowest BCUT2D eigenvalue weighted by Crippen LogP contribution is -2.40. The largest absolute Gasteiger partial charge is 0.312 e. The lowest BCUT2D eigenvalue weighted by molar-refractivity contribution is 0.279. The molecule has 2 N–H and O–H groups in total. The highest BCUT2D eigenvalue weighted by molar-refractivity contribution is 5.09. The molecule has 0 aliphatic heterocycles. The third-order valence-electron chi connectivity index (χ3n) is 5.01. The highest BCUT2D eigenvalue weighted by Gasteiger charge is 2.24. The number of rotatable bonds is 8. The van der Waals surface area contributed by atoms with E-state index in [-0.39, 0.29) is 11.1 Å². The highest BCUT2D eigenvalue weighted by Crippen LogP contribution is 2.31. The SMILES string of the molecule is CC(C)(C)NCCC1=CCC(CC(C)(C)NCc2cccnc2)CC1. The van der Waals surface area contributed by atoms with Crippen molar-refractivity contribution in [1.29, 1.82) is 0 Å². The topological polar surface area (TPSA) is 37.0 Å². The summed E-state index contributed by atoms with van der Waals surface area (Å²) < 4.78 is 0. The minimum absolute atomic E-state index is 0.166. The molecule has 1 aliphatic rings. The first-order valence-corrected chi connectivity index (χ1v) is 9.80. The maximum atomic E-state index is 4.20. The molecule has 1 aromatic rings. The molecule has 0 bridgehead atoms. The Kier molecular flexibility index (Phi) is 7.21. The molecule has 1 heterocycles. The summed E-state index contributed by atoms with van der Waals surface area (Å²) in [5, 5.41) is 7.31. The molecule has 3 nitrogen and oxygen atoms in total. The number of pyridine rings is 1. The first-order chi connectivity index (χ1) is 11.7. The van der Waals surface area contributed by atoms with Crippen molar-refractivity contribution in [3.63, 3.8) is 0 Å². The molecule has 0 spiro atoms. The molecule has 1 unspecified atom stereocenters. The smallest absolute Gasteiger partial charge is 0.0312 e. The van der Waals surface area contributed by atoms with Crippen LogP contribution in [0, 0.1) is 5.92 Å². The first kappa shape index (κ1) is 20.1. The van der Waals surface area contributed by atoms with Crippen molar-refractivity contribution in [1.82, 2.24) is 15.6 Å². The predicted octanol–water partition coefficient (Wildman–Crippen LogP) is 4.84. The van der Waals surface area contributed by atoms with Crippen molar-refractivity contribution >= 4 is 0 Å². The number of nitrogens with zero attached hydrogens (tertiary/aromatic N) is 1. The lowest BCUT2D eigenvalue weighted by Gasteiger charge is -2.33. The summed E-state index contributed by atoms with van der Waals surface area (Å²) in [6.45, 7) is 13.4. The zero-order valence-electron chi connectivity index (χ0n) is 16.9. The van der Waals surface area contributed by atoms with Crippen LogP contribution in [0.15, 0.2) is 36.2 Å². The Morgan fingerprint density at radius 1 is 1.16 bits per heavy atom. The Hall–Kier alpha value is -1.19. The van der Waals surface area contributed by atoms with E-state index in [1.54, 1.807) is 5.57 Å². The van der Waals surface area contributed by atoms with Gasteiger partial charge in [-0.2, -0.15) is 0 Å². The maximum Gasteiger partial charge on any atom is 0.0312 e. The third kappa shape index (κ3) is 8.15. The summed E-state index contributed by atoms with van der Waals surface area (Å²) >= 11 is 0. The molecule has 0 amide bonds. The molecule has 0 radical (unpaired) electrons. The van der Waals surface area contributed by atoms with E-state index in [4.69, 9.17) is 0 Å². The maximum absolute atomic E-state index is 4.20. The Morgan fingerprint density at radius 2 is 1.96 bits per heavy atom. The van der Waals surface area contributed by atoms with Gasteiger partial charge in [-0.05, 0) is 90.8 Å². The zero-order chi connectivity index (χ0) is 18.3. The molecule has 0 fully saturated rings. The number of hydrogen-bond acceptors (Lipinski definition) is 3. The molecule has 140 valence electrons. The van der Waals surface area contributed by atoms with E-state index in [1.165, 1.54) is 37.7 Å². The molecular formula is C22H37N3. The normalized spacial score (nSPS) is 18.9. The second kappa shape index (κ2) is 8.95. The fourth-order valence-electron chi connectivity index (χ4n) is 3.59. The van der Waals surface area contributed by atoms with Crippen molar-refractivity contribution in [2.75, 3.05) is 6.54 Å². The van der Waals surface area contributed by atoms with Crippen LogP contribution >= 0.6 is 0 Å². The summed E-state index contributed by atoms with van der Waals surface area (Å²) in [7, 11) is 0. The van der Waals surface area contributed by atoms with E-state index >= 15 is 0 Å². The molecule has 3 heteroatoms. The monoisotopic (exact) mass is 343 g/mol. The average molecular weight is 344 g/mol. The molecule has 1 aliphatic carbocycles. The van der Waals surface area contributed by atoms with Gasteiger partial charge >= 0.3 is 0 Å². The van der Waals surface area contributed by atoms with E-state index < -0.39 is 0 Å². The van der Waals surface area contributed by atoms with Gasteiger partial charge < -0.3 is 10.6 Å². The van der Waals surface area contributed by atoms with Gasteiger partial charge in [-0.15, -0.1) is 0 Å². The number of allylic oxidation sites excluding steroid dienone is 1. The first-order valence-electron chi connectivity index (χ1n) is 9.80. The van der Waals surface area contributed by atoms with Crippen LogP contribution in [-0.2, 0) is 6.54 Å². The van der Waals surface area contributed by atoms with Gasteiger partial charge in [0.25, 0.3) is 0 Å². The van der Waals surface area contributed by atoms with Crippen LogP contribution in [0.2, 0.25) is 0 Å². The zero-order valence-corrected chi connectivity index (χ0v) is 16.9. The van der Waals surface area contributed by atoms with Crippen molar-refractivity contribution in [3.05, 3.63) is 41.7 Å². The molecule has 2 rings (SSSR count). The summed E-state index contributed by atoms with van der Waals surface area (Å²) in [5.41, 5.74) is 3.29. The van der Waals surface area contributed by atoms with Gasteiger partial charge in [0.05, 0.1) is 0 Å². The summed E-state index contributed by atoms with van der Waals surface area (Å²) in [6, 6.07) is 4.14. The van der Waals surface area contributed by atoms with Gasteiger partial charge in [0, 0.05) is 30.0 Å². The Balaban J connectivity index is 1.72. The number of aromatic nitrogens is 1. The second-order valence-corrected chi connectivity index (χ2v) is 9.23. The van der Waals surface area contributed by atoms with Gasteiger partial charge in [0.1, 0.15) is 0 Å². The van der Waals surface area contributed by atoms with Crippen molar-refractivity contribution in [3.8, 4) is 0 Å². The van der Waals surface area contributed by atoms with Crippen LogP contribution in [0.5, 0.6) is 0 Å². The van der Waals surface area contributed by atoms with Gasteiger partial charge in [-0.3, -0.25) is 4.98 Å². The van der Waals surface area contributed by atoms with Gasteiger partial charge in [-0.25, -0.2) is 0 Å². The molecule has 1 aromatic heterocycles.